The van der Waals surface area contributed by atoms with Gasteiger partial charge in [0.25, 0.3) is 0 Å². The van der Waals surface area contributed by atoms with E-state index in [0.29, 0.717) is 57.9 Å². The monoisotopic (exact) mass is 407 g/mol. The summed E-state index contributed by atoms with van der Waals surface area (Å²) in [5.41, 5.74) is 0. The Kier molecular flexibility index (Phi) is 5.14. The Morgan fingerprint density at radius 3 is 2.12 bits per heavy atom. The van der Waals surface area contributed by atoms with E-state index in [1.807, 2.05) is 0 Å². The first-order chi connectivity index (χ1) is 12.2. The van der Waals surface area contributed by atoms with Gasteiger partial charge in [-0.15, -0.1) is 0 Å². The molecule has 2 saturated carbocycles. The van der Waals surface area contributed by atoms with Crippen molar-refractivity contribution in [2.24, 2.45) is 11.8 Å². The molecular formula is C17H29NO6S2. The molecule has 4 aliphatic rings. The van der Waals surface area contributed by atoms with Crippen LogP contribution in [0.4, 0.5) is 0 Å². The van der Waals surface area contributed by atoms with Gasteiger partial charge >= 0.3 is 0 Å². The van der Waals surface area contributed by atoms with Gasteiger partial charge in [-0.2, -0.15) is 0 Å². The maximum Gasteiger partial charge on any atom is 0.211 e. The second-order valence-corrected chi connectivity index (χ2v) is 12.9. The van der Waals surface area contributed by atoms with Gasteiger partial charge in [0.05, 0.1) is 42.2 Å². The molecule has 0 amide bonds. The zero-order valence-corrected chi connectivity index (χ0v) is 16.9. The predicted molar refractivity (Wildman–Crippen MR) is 97.1 cm³/mol. The van der Waals surface area contributed by atoms with Crippen LogP contribution in [0.25, 0.3) is 0 Å². The largest absolute Gasteiger partial charge is 0.373 e. The van der Waals surface area contributed by atoms with Crippen LogP contribution in [0.3, 0.4) is 0 Å². The number of rotatable bonds is 3. The van der Waals surface area contributed by atoms with Crippen LogP contribution in [-0.4, -0.2) is 76.4 Å². The van der Waals surface area contributed by atoms with Crippen molar-refractivity contribution in [2.45, 2.75) is 61.2 Å². The van der Waals surface area contributed by atoms with Crippen molar-refractivity contribution in [3.8, 4) is 0 Å². The molecule has 6 unspecified atom stereocenters. The van der Waals surface area contributed by atoms with E-state index in [0.717, 1.165) is 12.8 Å². The van der Waals surface area contributed by atoms with Gasteiger partial charge in [0, 0.05) is 13.1 Å². The molecule has 0 spiro atoms. The molecular weight excluding hydrogens is 378 g/mol. The highest BCUT2D eigenvalue weighted by Crippen LogP contribution is 2.42. The number of hydrogen-bond donors (Lipinski definition) is 0. The molecule has 9 heteroatoms. The lowest BCUT2D eigenvalue weighted by atomic mass is 9.81. The summed E-state index contributed by atoms with van der Waals surface area (Å²) in [6.07, 6.45) is 5.17. The number of ether oxygens (including phenoxy) is 2. The maximum atomic E-state index is 13.3. The number of hydrogen-bond acceptors (Lipinski definition) is 6. The summed E-state index contributed by atoms with van der Waals surface area (Å²) in [5, 5.41) is -0.686. The lowest BCUT2D eigenvalue weighted by Crippen LogP contribution is -2.48. The lowest BCUT2D eigenvalue weighted by Gasteiger charge is -2.40. The van der Waals surface area contributed by atoms with Crippen molar-refractivity contribution in [2.75, 3.05) is 32.6 Å². The molecule has 26 heavy (non-hydrogen) atoms. The quantitative estimate of drug-likeness (QED) is 0.687. The van der Waals surface area contributed by atoms with E-state index in [1.165, 1.54) is 10.6 Å². The summed E-state index contributed by atoms with van der Waals surface area (Å²) < 4.78 is 63.1. The molecule has 4 fully saturated rings. The van der Waals surface area contributed by atoms with Gasteiger partial charge in [-0.05, 0) is 50.4 Å². The Morgan fingerprint density at radius 1 is 0.769 bits per heavy atom. The van der Waals surface area contributed by atoms with Crippen molar-refractivity contribution in [3.05, 3.63) is 0 Å². The number of sulfonamides is 1. The van der Waals surface area contributed by atoms with Crippen molar-refractivity contribution in [3.63, 3.8) is 0 Å². The molecule has 0 N–H and O–H groups in total. The second-order valence-electron chi connectivity index (χ2n) is 8.38. The molecule has 6 atom stereocenters. The fraction of sp³-hybridized carbons (Fsp3) is 1.00. The van der Waals surface area contributed by atoms with Crippen LogP contribution in [0.5, 0.6) is 0 Å². The minimum Gasteiger partial charge on any atom is -0.373 e. The van der Waals surface area contributed by atoms with E-state index < -0.39 is 19.9 Å². The first kappa shape index (κ1) is 19.1. The Morgan fingerprint density at radius 2 is 1.38 bits per heavy atom. The fourth-order valence-corrected chi connectivity index (χ4v) is 8.69. The van der Waals surface area contributed by atoms with E-state index in [1.54, 1.807) is 0 Å². The predicted octanol–water partition coefficient (Wildman–Crippen LogP) is 0.798. The molecule has 2 saturated heterocycles. The van der Waals surface area contributed by atoms with Crippen LogP contribution in [0.2, 0.25) is 0 Å². The van der Waals surface area contributed by atoms with Crippen molar-refractivity contribution in [1.82, 2.24) is 4.31 Å². The highest BCUT2D eigenvalue weighted by atomic mass is 32.2. The van der Waals surface area contributed by atoms with Crippen LogP contribution < -0.4 is 0 Å². The first-order valence-electron chi connectivity index (χ1n) is 9.66. The van der Waals surface area contributed by atoms with Gasteiger partial charge in [-0.3, -0.25) is 0 Å². The van der Waals surface area contributed by atoms with E-state index in [2.05, 4.69) is 0 Å². The molecule has 0 aromatic rings. The van der Waals surface area contributed by atoms with Crippen LogP contribution in [0, 0.1) is 11.8 Å². The molecule has 0 radical (unpaired) electrons. The summed E-state index contributed by atoms with van der Waals surface area (Å²) in [6, 6.07) is 0. The van der Waals surface area contributed by atoms with Crippen molar-refractivity contribution >= 4 is 19.9 Å². The van der Waals surface area contributed by atoms with Gasteiger partial charge in [-0.25, -0.2) is 21.1 Å². The average Bonchev–Trinajstić information content (AvgIpc) is 3.05. The average molecular weight is 408 g/mol. The van der Waals surface area contributed by atoms with E-state index >= 15 is 0 Å². The molecule has 4 rings (SSSR count). The van der Waals surface area contributed by atoms with Gasteiger partial charge in [0.2, 0.25) is 10.0 Å². The second kappa shape index (κ2) is 6.99. The van der Waals surface area contributed by atoms with Crippen molar-refractivity contribution < 1.29 is 26.3 Å². The first-order valence-corrected chi connectivity index (χ1v) is 13.1. The van der Waals surface area contributed by atoms with Gasteiger partial charge < -0.3 is 9.47 Å². The van der Waals surface area contributed by atoms with E-state index in [-0.39, 0.29) is 28.6 Å². The summed E-state index contributed by atoms with van der Waals surface area (Å²) in [6.45, 7) is 2.17. The fourth-order valence-electron chi connectivity index (χ4n) is 5.31. The van der Waals surface area contributed by atoms with E-state index in [9.17, 15) is 16.8 Å². The third-order valence-corrected chi connectivity index (χ3v) is 10.7. The van der Waals surface area contributed by atoms with Crippen LogP contribution in [0.1, 0.15) is 38.5 Å². The zero-order chi connectivity index (χ0) is 18.5. The number of fused-ring (bicyclic) bond motifs is 2. The van der Waals surface area contributed by atoms with Crippen molar-refractivity contribution in [1.29, 1.82) is 0 Å². The van der Waals surface area contributed by atoms with E-state index in [4.69, 9.17) is 9.47 Å². The SMILES string of the molecule is CS(=O)(=O)N1CC2CCC(S(=O)(=O)C3CCC4OCCOC4C3)CC2C1. The number of sulfone groups is 1. The molecule has 150 valence electrons. The molecule has 0 aromatic heterocycles. The zero-order valence-electron chi connectivity index (χ0n) is 15.2. The summed E-state index contributed by atoms with van der Waals surface area (Å²) in [4.78, 5) is 0. The highest BCUT2D eigenvalue weighted by Gasteiger charge is 2.47. The topological polar surface area (TPSA) is 90.0 Å². The van der Waals surface area contributed by atoms with Gasteiger partial charge in [0.1, 0.15) is 0 Å². The number of nitrogens with zero attached hydrogens (tertiary/aromatic N) is 1. The van der Waals surface area contributed by atoms with Crippen LogP contribution in [0.15, 0.2) is 0 Å². The highest BCUT2D eigenvalue weighted by molar-refractivity contribution is 7.92. The third kappa shape index (κ3) is 3.57. The Balaban J connectivity index is 1.43. The Hall–Kier alpha value is -0.220. The van der Waals surface area contributed by atoms with Gasteiger partial charge in [-0.1, -0.05) is 0 Å². The molecule has 2 aliphatic carbocycles. The standard InChI is InChI=1S/C17H29NO6S2/c1-25(19,20)18-10-12-2-3-14(8-13(12)11-18)26(21,22)15-4-5-16-17(9-15)24-7-6-23-16/h12-17H,2-11H2,1H3. The van der Waals surface area contributed by atoms with Crippen LogP contribution >= 0.6 is 0 Å². The molecule has 2 aliphatic heterocycles. The summed E-state index contributed by atoms with van der Waals surface area (Å²) >= 11 is 0. The lowest BCUT2D eigenvalue weighted by molar-refractivity contribution is -0.153. The van der Waals surface area contributed by atoms with Crippen LogP contribution in [-0.2, 0) is 29.3 Å². The minimum atomic E-state index is -3.23. The third-order valence-electron chi connectivity index (χ3n) is 6.80. The summed E-state index contributed by atoms with van der Waals surface area (Å²) in [5.74, 6) is 0.478. The summed E-state index contributed by atoms with van der Waals surface area (Å²) in [7, 11) is -6.42. The molecule has 0 aromatic carbocycles. The normalized spacial score (nSPS) is 42.2. The molecule has 0 bridgehead atoms. The minimum absolute atomic E-state index is 0.0455. The Labute approximate surface area is 156 Å². The smallest absolute Gasteiger partial charge is 0.211 e. The molecule has 7 nitrogen and oxygen atoms in total. The Bertz CT molecular complexity index is 736. The maximum absolute atomic E-state index is 13.3. The molecule has 2 heterocycles. The van der Waals surface area contributed by atoms with Gasteiger partial charge in [0.15, 0.2) is 9.84 Å².